The third-order valence-electron chi connectivity index (χ3n) is 5.18. The van der Waals surface area contributed by atoms with Gasteiger partial charge in [0.15, 0.2) is 0 Å². The Morgan fingerprint density at radius 1 is 1.03 bits per heavy atom. The first-order valence-electron chi connectivity index (χ1n) is 10.3. The van der Waals surface area contributed by atoms with Gasteiger partial charge in [-0.25, -0.2) is 4.79 Å². The van der Waals surface area contributed by atoms with Crippen molar-refractivity contribution >= 4 is 28.2 Å². The van der Waals surface area contributed by atoms with E-state index in [0.29, 0.717) is 27.3 Å². The zero-order chi connectivity index (χ0) is 23.4. The number of aromatic nitrogens is 2. The minimum atomic E-state index is -0.629. The van der Waals surface area contributed by atoms with E-state index in [0.717, 1.165) is 22.7 Å². The lowest BCUT2D eigenvalue weighted by atomic mass is 10.1. The van der Waals surface area contributed by atoms with E-state index in [1.165, 1.54) is 4.57 Å². The number of aromatic amines is 1. The quantitative estimate of drug-likeness (QED) is 0.234. The number of fused-ring (bicyclic) bond motifs is 1. The molecule has 168 valence electrons. The standard InChI is InChI=1S/C24H21N3O5S/c1-2-18-22(28)25-24(29)26(15-32-14-16-8-4-3-5-9-16)23(18)33-20-13-12-17-10-6-7-11-19(17)21(20)27(30)31/h3-13H,2,14-15H2,1H3,(H,25,28,29). The van der Waals surface area contributed by atoms with Crippen molar-refractivity contribution in [2.75, 3.05) is 0 Å². The number of hydrogen-bond acceptors (Lipinski definition) is 6. The highest BCUT2D eigenvalue weighted by atomic mass is 32.2. The Morgan fingerprint density at radius 3 is 2.48 bits per heavy atom. The highest BCUT2D eigenvalue weighted by Gasteiger charge is 2.23. The molecule has 0 spiro atoms. The maximum atomic E-state index is 12.7. The fraction of sp³-hybridized carbons (Fsp3) is 0.167. The molecule has 0 amide bonds. The average molecular weight is 464 g/mol. The van der Waals surface area contributed by atoms with Crippen molar-refractivity contribution in [2.24, 2.45) is 0 Å². The summed E-state index contributed by atoms with van der Waals surface area (Å²) < 4.78 is 7.06. The third kappa shape index (κ3) is 4.74. The average Bonchev–Trinajstić information content (AvgIpc) is 2.81. The van der Waals surface area contributed by atoms with Gasteiger partial charge in [0.2, 0.25) is 0 Å². The van der Waals surface area contributed by atoms with E-state index >= 15 is 0 Å². The molecule has 0 radical (unpaired) electrons. The number of rotatable bonds is 8. The van der Waals surface area contributed by atoms with E-state index in [1.807, 2.05) is 36.4 Å². The van der Waals surface area contributed by atoms with Crippen molar-refractivity contribution in [3.05, 3.63) is 109 Å². The summed E-state index contributed by atoms with van der Waals surface area (Å²) in [6, 6.07) is 20.0. The normalized spacial score (nSPS) is 11.1. The summed E-state index contributed by atoms with van der Waals surface area (Å²) in [5.74, 6) is 0. The molecule has 8 nitrogen and oxygen atoms in total. The smallest absolute Gasteiger partial charge is 0.331 e. The van der Waals surface area contributed by atoms with Crippen molar-refractivity contribution in [3.8, 4) is 0 Å². The minimum absolute atomic E-state index is 0.0652. The number of H-pyrrole nitrogens is 1. The second-order valence-corrected chi connectivity index (χ2v) is 8.31. The van der Waals surface area contributed by atoms with Gasteiger partial charge in [0, 0.05) is 5.56 Å². The third-order valence-corrected chi connectivity index (χ3v) is 6.39. The Kier molecular flexibility index (Phi) is 6.71. The van der Waals surface area contributed by atoms with E-state index in [-0.39, 0.29) is 19.0 Å². The molecule has 4 aromatic rings. The van der Waals surface area contributed by atoms with Crippen molar-refractivity contribution in [1.82, 2.24) is 9.55 Å². The molecule has 0 fully saturated rings. The summed E-state index contributed by atoms with van der Waals surface area (Å²) in [5.41, 5.74) is 0.101. The molecule has 33 heavy (non-hydrogen) atoms. The molecule has 0 saturated carbocycles. The summed E-state index contributed by atoms with van der Waals surface area (Å²) in [4.78, 5) is 39.4. The number of ether oxygens (including phenoxy) is 1. The van der Waals surface area contributed by atoms with Crippen LogP contribution in [-0.2, 0) is 24.5 Å². The maximum absolute atomic E-state index is 12.7. The number of hydrogen-bond donors (Lipinski definition) is 1. The Morgan fingerprint density at radius 2 is 1.76 bits per heavy atom. The zero-order valence-corrected chi connectivity index (χ0v) is 18.6. The molecule has 0 aliphatic carbocycles. The SMILES string of the molecule is CCc1c(Sc2ccc3ccccc3c2[N+](=O)[O-])n(COCc2ccccc2)c(=O)[nH]c1=O. The van der Waals surface area contributed by atoms with E-state index in [4.69, 9.17) is 4.74 Å². The summed E-state index contributed by atoms with van der Waals surface area (Å²) in [7, 11) is 0. The molecule has 0 aliphatic rings. The first kappa shape index (κ1) is 22.5. The first-order chi connectivity index (χ1) is 16.0. The highest BCUT2D eigenvalue weighted by molar-refractivity contribution is 7.99. The van der Waals surface area contributed by atoms with Crippen LogP contribution in [0.5, 0.6) is 0 Å². The van der Waals surface area contributed by atoms with Gasteiger partial charge in [0.05, 0.1) is 26.8 Å². The van der Waals surface area contributed by atoms with Crippen molar-refractivity contribution < 1.29 is 9.66 Å². The van der Waals surface area contributed by atoms with Crippen LogP contribution in [0.15, 0.2) is 86.2 Å². The van der Waals surface area contributed by atoms with E-state index in [9.17, 15) is 19.7 Å². The number of nitrogens with one attached hydrogen (secondary N) is 1. The van der Waals surface area contributed by atoms with Gasteiger partial charge < -0.3 is 4.74 Å². The van der Waals surface area contributed by atoms with Gasteiger partial charge >= 0.3 is 5.69 Å². The number of benzene rings is 3. The predicted molar refractivity (Wildman–Crippen MR) is 127 cm³/mol. The van der Waals surface area contributed by atoms with Gasteiger partial charge in [0.25, 0.3) is 11.2 Å². The van der Waals surface area contributed by atoms with Crippen LogP contribution in [0.25, 0.3) is 10.8 Å². The zero-order valence-electron chi connectivity index (χ0n) is 17.8. The maximum Gasteiger partial charge on any atom is 0.331 e. The fourth-order valence-electron chi connectivity index (χ4n) is 3.58. The summed E-state index contributed by atoms with van der Waals surface area (Å²) in [6.45, 7) is 1.96. The van der Waals surface area contributed by atoms with Crippen LogP contribution in [0.1, 0.15) is 18.1 Å². The van der Waals surface area contributed by atoms with Gasteiger partial charge in [-0.3, -0.25) is 24.5 Å². The number of nitro benzene ring substituents is 1. The molecule has 0 bridgehead atoms. The Balaban J connectivity index is 1.77. The summed E-state index contributed by atoms with van der Waals surface area (Å²) in [5, 5.41) is 13.5. The van der Waals surface area contributed by atoms with Gasteiger partial charge in [-0.15, -0.1) is 0 Å². The lowest BCUT2D eigenvalue weighted by Gasteiger charge is -2.16. The highest BCUT2D eigenvalue weighted by Crippen LogP contribution is 2.39. The van der Waals surface area contributed by atoms with Crippen LogP contribution in [0, 0.1) is 10.1 Å². The molecule has 1 N–H and O–H groups in total. The lowest BCUT2D eigenvalue weighted by Crippen LogP contribution is -2.34. The number of nitro groups is 1. The van der Waals surface area contributed by atoms with Gasteiger partial charge in [-0.2, -0.15) is 0 Å². The second kappa shape index (κ2) is 9.85. The second-order valence-electron chi connectivity index (χ2n) is 7.28. The summed E-state index contributed by atoms with van der Waals surface area (Å²) in [6.07, 6.45) is 0.345. The molecule has 3 aromatic carbocycles. The van der Waals surface area contributed by atoms with Crippen LogP contribution in [-0.4, -0.2) is 14.5 Å². The largest absolute Gasteiger partial charge is 0.356 e. The van der Waals surface area contributed by atoms with E-state index < -0.39 is 16.2 Å². The van der Waals surface area contributed by atoms with Gasteiger partial charge in [-0.05, 0) is 29.5 Å². The van der Waals surface area contributed by atoms with Crippen LogP contribution in [0.4, 0.5) is 5.69 Å². The molecule has 0 atom stereocenters. The topological polar surface area (TPSA) is 107 Å². The van der Waals surface area contributed by atoms with Crippen LogP contribution in [0.3, 0.4) is 0 Å². The lowest BCUT2D eigenvalue weighted by molar-refractivity contribution is -0.385. The van der Waals surface area contributed by atoms with Crippen molar-refractivity contribution in [3.63, 3.8) is 0 Å². The molecule has 0 saturated heterocycles. The molecule has 9 heteroatoms. The first-order valence-corrected chi connectivity index (χ1v) is 11.1. The molecule has 0 unspecified atom stereocenters. The monoisotopic (exact) mass is 463 g/mol. The Hall–Kier alpha value is -3.69. The Labute approximate surface area is 193 Å². The van der Waals surface area contributed by atoms with E-state index in [1.54, 1.807) is 37.3 Å². The molecular formula is C24H21N3O5S. The minimum Gasteiger partial charge on any atom is -0.356 e. The van der Waals surface area contributed by atoms with Crippen molar-refractivity contribution in [1.29, 1.82) is 0 Å². The fourth-order valence-corrected chi connectivity index (χ4v) is 4.81. The predicted octanol–water partition coefficient (Wildman–Crippen LogP) is 4.49. The van der Waals surface area contributed by atoms with Crippen LogP contribution < -0.4 is 11.2 Å². The van der Waals surface area contributed by atoms with Crippen LogP contribution in [0.2, 0.25) is 0 Å². The molecular weight excluding hydrogens is 442 g/mol. The van der Waals surface area contributed by atoms with E-state index in [2.05, 4.69) is 4.98 Å². The van der Waals surface area contributed by atoms with Gasteiger partial charge in [0.1, 0.15) is 6.73 Å². The van der Waals surface area contributed by atoms with Crippen molar-refractivity contribution in [2.45, 2.75) is 36.6 Å². The van der Waals surface area contributed by atoms with Gasteiger partial charge in [-0.1, -0.05) is 73.3 Å². The molecule has 1 heterocycles. The summed E-state index contributed by atoms with van der Waals surface area (Å²) >= 11 is 1.03. The Bertz CT molecular complexity index is 1430. The molecule has 4 rings (SSSR count). The van der Waals surface area contributed by atoms with Crippen LogP contribution >= 0.6 is 11.8 Å². The molecule has 1 aromatic heterocycles. The number of nitrogens with zero attached hydrogens (tertiary/aromatic N) is 2. The molecule has 0 aliphatic heterocycles.